The zero-order chi connectivity index (χ0) is 13.3. The minimum atomic E-state index is -0.227. The van der Waals surface area contributed by atoms with Gasteiger partial charge in [-0.2, -0.15) is 0 Å². The lowest BCUT2D eigenvalue weighted by Gasteiger charge is -2.42. The highest BCUT2D eigenvalue weighted by Gasteiger charge is 2.33. The van der Waals surface area contributed by atoms with E-state index >= 15 is 0 Å². The fourth-order valence-corrected chi connectivity index (χ4v) is 2.75. The molecule has 1 atom stereocenters. The normalized spacial score (nSPS) is 22.9. The Morgan fingerprint density at radius 3 is 2.74 bits per heavy atom. The Labute approximate surface area is 125 Å². The Kier molecular flexibility index (Phi) is 5.63. The van der Waals surface area contributed by atoms with Crippen LogP contribution < -0.4 is 5.73 Å². The fourth-order valence-electron chi connectivity index (χ4n) is 2.53. The Morgan fingerprint density at radius 2 is 2.16 bits per heavy atom. The molecule has 1 heterocycles. The van der Waals surface area contributed by atoms with E-state index in [9.17, 15) is 4.39 Å². The van der Waals surface area contributed by atoms with Crippen LogP contribution in [0.3, 0.4) is 0 Å². The number of rotatable bonds is 2. The Hall–Kier alpha value is -0.350. The second kappa shape index (κ2) is 6.40. The van der Waals surface area contributed by atoms with Crippen molar-refractivity contribution in [1.29, 1.82) is 0 Å². The van der Waals surface area contributed by atoms with Crippen molar-refractivity contribution in [2.24, 2.45) is 11.1 Å². The van der Waals surface area contributed by atoms with Crippen LogP contribution in [-0.2, 0) is 6.54 Å². The van der Waals surface area contributed by atoms with E-state index in [1.165, 1.54) is 6.07 Å². The number of hydrogen-bond acceptors (Lipinski definition) is 2. The molecule has 0 aromatic heterocycles. The van der Waals surface area contributed by atoms with Gasteiger partial charge in [-0.25, -0.2) is 4.39 Å². The molecule has 0 radical (unpaired) electrons. The molecular weight excluding hydrogens is 286 g/mol. The van der Waals surface area contributed by atoms with Gasteiger partial charge >= 0.3 is 0 Å². The van der Waals surface area contributed by atoms with Gasteiger partial charge in [0.1, 0.15) is 5.82 Å². The molecule has 0 amide bonds. The molecule has 1 saturated heterocycles. The highest BCUT2D eigenvalue weighted by Crippen LogP contribution is 2.30. The predicted molar refractivity (Wildman–Crippen MR) is 80.3 cm³/mol. The van der Waals surface area contributed by atoms with Gasteiger partial charge in [-0.3, -0.25) is 4.90 Å². The molecule has 2 nitrogen and oxygen atoms in total. The molecule has 108 valence electrons. The highest BCUT2D eigenvalue weighted by molar-refractivity contribution is 6.31. The standard InChI is InChI=1S/C14H20ClFN2.ClH/c1-14(2)9-18(7-6-13(14)17)8-10-11(15)4-3-5-12(10)16;/h3-5,13H,6-9,17H2,1-2H3;1H. The molecular formula is C14H21Cl2FN2. The quantitative estimate of drug-likeness (QED) is 0.906. The zero-order valence-corrected chi connectivity index (χ0v) is 12.9. The van der Waals surface area contributed by atoms with Crippen molar-refractivity contribution in [2.45, 2.75) is 32.9 Å². The van der Waals surface area contributed by atoms with Crippen molar-refractivity contribution < 1.29 is 4.39 Å². The van der Waals surface area contributed by atoms with E-state index in [2.05, 4.69) is 18.7 Å². The third-order valence-corrected chi connectivity index (χ3v) is 4.19. The summed E-state index contributed by atoms with van der Waals surface area (Å²) in [5.41, 5.74) is 6.75. The van der Waals surface area contributed by atoms with E-state index in [-0.39, 0.29) is 29.7 Å². The molecule has 0 saturated carbocycles. The third-order valence-electron chi connectivity index (χ3n) is 3.83. The van der Waals surface area contributed by atoms with Gasteiger partial charge < -0.3 is 5.73 Å². The summed E-state index contributed by atoms with van der Waals surface area (Å²) in [5.74, 6) is -0.227. The second-order valence-corrected chi connectivity index (χ2v) is 6.20. The van der Waals surface area contributed by atoms with Crippen molar-refractivity contribution in [3.63, 3.8) is 0 Å². The average molecular weight is 307 g/mol. The molecule has 2 rings (SSSR count). The summed E-state index contributed by atoms with van der Waals surface area (Å²) in [6.07, 6.45) is 0.944. The van der Waals surface area contributed by atoms with Crippen molar-refractivity contribution in [3.05, 3.63) is 34.6 Å². The summed E-state index contributed by atoms with van der Waals surface area (Å²) >= 11 is 6.06. The van der Waals surface area contributed by atoms with Gasteiger partial charge in [0.25, 0.3) is 0 Å². The second-order valence-electron chi connectivity index (χ2n) is 5.79. The van der Waals surface area contributed by atoms with Crippen LogP contribution in [0.5, 0.6) is 0 Å². The van der Waals surface area contributed by atoms with Gasteiger partial charge in [0, 0.05) is 36.3 Å². The van der Waals surface area contributed by atoms with Crippen LogP contribution in [0.15, 0.2) is 18.2 Å². The first kappa shape index (κ1) is 16.7. The van der Waals surface area contributed by atoms with Crippen LogP contribution in [0.25, 0.3) is 0 Å². The number of likely N-dealkylation sites (tertiary alicyclic amines) is 1. The van der Waals surface area contributed by atoms with Crippen molar-refractivity contribution >= 4 is 24.0 Å². The van der Waals surface area contributed by atoms with Crippen LogP contribution in [0.4, 0.5) is 4.39 Å². The molecule has 0 spiro atoms. The van der Waals surface area contributed by atoms with Gasteiger partial charge in [-0.1, -0.05) is 31.5 Å². The lowest BCUT2D eigenvalue weighted by Crippen LogP contribution is -2.52. The first-order chi connectivity index (χ1) is 8.40. The summed E-state index contributed by atoms with van der Waals surface area (Å²) in [7, 11) is 0. The largest absolute Gasteiger partial charge is 0.327 e. The number of halogens is 3. The monoisotopic (exact) mass is 306 g/mol. The molecule has 1 aromatic carbocycles. The topological polar surface area (TPSA) is 29.3 Å². The number of nitrogens with zero attached hydrogens (tertiary/aromatic N) is 1. The molecule has 5 heteroatoms. The third kappa shape index (κ3) is 3.82. The lowest BCUT2D eigenvalue weighted by molar-refractivity contribution is 0.0890. The van der Waals surface area contributed by atoms with Gasteiger partial charge in [-0.05, 0) is 24.0 Å². The molecule has 0 aliphatic carbocycles. The summed E-state index contributed by atoms with van der Waals surface area (Å²) in [4.78, 5) is 2.23. The molecule has 19 heavy (non-hydrogen) atoms. The van der Waals surface area contributed by atoms with Gasteiger partial charge in [-0.15, -0.1) is 12.4 Å². The summed E-state index contributed by atoms with van der Waals surface area (Å²) < 4.78 is 13.7. The number of nitrogens with two attached hydrogens (primary N) is 1. The molecule has 1 unspecified atom stereocenters. The summed E-state index contributed by atoms with van der Waals surface area (Å²) in [6.45, 7) is 6.65. The maximum Gasteiger partial charge on any atom is 0.129 e. The molecule has 2 N–H and O–H groups in total. The Balaban J connectivity index is 0.00000180. The van der Waals surface area contributed by atoms with Crippen LogP contribution >= 0.6 is 24.0 Å². The minimum Gasteiger partial charge on any atom is -0.327 e. The fraction of sp³-hybridized carbons (Fsp3) is 0.571. The molecule has 1 aromatic rings. The highest BCUT2D eigenvalue weighted by atomic mass is 35.5. The van der Waals surface area contributed by atoms with E-state index in [1.54, 1.807) is 12.1 Å². The molecule has 1 fully saturated rings. The lowest BCUT2D eigenvalue weighted by atomic mass is 9.79. The SMILES string of the molecule is CC1(C)CN(Cc2c(F)cccc2Cl)CCC1N.Cl. The first-order valence-electron chi connectivity index (χ1n) is 6.31. The van der Waals surface area contributed by atoms with Crippen LogP contribution in [0.1, 0.15) is 25.8 Å². The average Bonchev–Trinajstić information content (AvgIpc) is 2.28. The van der Waals surface area contributed by atoms with Crippen LogP contribution in [0.2, 0.25) is 5.02 Å². The van der Waals surface area contributed by atoms with E-state index in [0.717, 1.165) is 19.5 Å². The van der Waals surface area contributed by atoms with Crippen LogP contribution in [-0.4, -0.2) is 24.0 Å². The van der Waals surface area contributed by atoms with Gasteiger partial charge in [0.15, 0.2) is 0 Å². The Bertz CT molecular complexity index is 417. The summed E-state index contributed by atoms with van der Waals surface area (Å²) in [6, 6.07) is 5.05. The van der Waals surface area contributed by atoms with E-state index in [1.807, 2.05) is 0 Å². The molecule has 1 aliphatic rings. The predicted octanol–water partition coefficient (Wildman–Crippen LogP) is 3.46. The Morgan fingerprint density at radius 1 is 1.47 bits per heavy atom. The number of hydrogen-bond donors (Lipinski definition) is 1. The van der Waals surface area contributed by atoms with Crippen molar-refractivity contribution in [3.8, 4) is 0 Å². The zero-order valence-electron chi connectivity index (χ0n) is 11.3. The maximum absolute atomic E-state index is 13.7. The van der Waals surface area contributed by atoms with Crippen molar-refractivity contribution in [1.82, 2.24) is 4.90 Å². The van der Waals surface area contributed by atoms with Crippen molar-refractivity contribution in [2.75, 3.05) is 13.1 Å². The summed E-state index contributed by atoms with van der Waals surface area (Å²) in [5, 5.41) is 0.502. The van der Waals surface area contributed by atoms with Gasteiger partial charge in [0.2, 0.25) is 0 Å². The van der Waals surface area contributed by atoms with Gasteiger partial charge in [0.05, 0.1) is 0 Å². The smallest absolute Gasteiger partial charge is 0.129 e. The number of benzene rings is 1. The van der Waals surface area contributed by atoms with E-state index < -0.39 is 0 Å². The number of piperidine rings is 1. The first-order valence-corrected chi connectivity index (χ1v) is 6.69. The maximum atomic E-state index is 13.7. The molecule has 1 aliphatic heterocycles. The van der Waals surface area contributed by atoms with E-state index in [0.29, 0.717) is 17.1 Å². The molecule has 0 bridgehead atoms. The van der Waals surface area contributed by atoms with E-state index in [4.69, 9.17) is 17.3 Å². The van der Waals surface area contributed by atoms with Crippen LogP contribution in [0, 0.1) is 11.2 Å². The minimum absolute atomic E-state index is 0.